The number of rotatable bonds is 49. The van der Waals surface area contributed by atoms with Gasteiger partial charge in [0, 0.05) is 25.8 Å². The molecule has 0 bridgehead atoms. The molecule has 62 heavy (non-hydrogen) atoms. The second kappa shape index (κ2) is 46.0. The number of carbonyl (C=O) groups excluding carboxylic acids is 3. The fourth-order valence-electron chi connectivity index (χ4n) is 7.67. The molecule has 0 fully saturated rings. The number of phosphoric ester groups is 1. The molecule has 0 aromatic rings. The zero-order valence-electron chi connectivity index (χ0n) is 40.5. The first-order valence-electron chi connectivity index (χ1n) is 26.1. The second-order valence-corrected chi connectivity index (χ2v) is 19.2. The molecule has 11 heteroatoms. The van der Waals surface area contributed by atoms with Gasteiger partial charge < -0.3 is 20.1 Å². The van der Waals surface area contributed by atoms with Crippen LogP contribution in [0.5, 0.6) is 0 Å². The molecule has 0 aromatic heterocycles. The van der Waals surface area contributed by atoms with Crippen LogP contribution in [0.2, 0.25) is 0 Å². The van der Waals surface area contributed by atoms with Crippen LogP contribution in [0.4, 0.5) is 0 Å². The third kappa shape index (κ3) is 42.4. The van der Waals surface area contributed by atoms with E-state index in [1.807, 2.05) is 0 Å². The van der Waals surface area contributed by atoms with E-state index in [0.717, 1.165) is 77.0 Å². The number of phosphoric acid groups is 1. The highest BCUT2D eigenvalue weighted by atomic mass is 31.2. The molecule has 2 unspecified atom stereocenters. The molecule has 0 heterocycles. The molecular weight excluding hydrogens is 802 g/mol. The van der Waals surface area contributed by atoms with E-state index >= 15 is 0 Å². The standard InChI is InChI=1S/C51H98NO9P/c1-4-7-10-13-16-19-21-23-24-26-27-30-32-35-38-41-47(53)51(56)48(61-50(55)43-40-37-34-31-28-25-22-20-17-14-11-8-5-2)46-60-62(57,58)59-45-44-52-49(54)42-39-36-33-29-18-15-12-9-6-3/h23-24,48,51,56H,4-22,25-46H2,1-3H3,(H,52,54)(H,57,58)/b24-23-/t48-,51?/m0/s1. The van der Waals surface area contributed by atoms with Crippen molar-refractivity contribution in [3.05, 3.63) is 12.2 Å². The Bertz CT molecular complexity index is 1100. The van der Waals surface area contributed by atoms with Crippen LogP contribution in [0.1, 0.15) is 265 Å². The fourth-order valence-corrected chi connectivity index (χ4v) is 8.40. The van der Waals surface area contributed by atoms with Gasteiger partial charge in [-0.3, -0.25) is 23.4 Å². The summed E-state index contributed by atoms with van der Waals surface area (Å²) in [4.78, 5) is 48.5. The van der Waals surface area contributed by atoms with E-state index in [-0.39, 0.29) is 31.9 Å². The van der Waals surface area contributed by atoms with Gasteiger partial charge in [0.2, 0.25) is 5.91 Å². The van der Waals surface area contributed by atoms with Crippen LogP contribution in [0.15, 0.2) is 12.2 Å². The van der Waals surface area contributed by atoms with Gasteiger partial charge in [0.25, 0.3) is 0 Å². The minimum atomic E-state index is -4.64. The highest BCUT2D eigenvalue weighted by Gasteiger charge is 2.33. The maximum absolute atomic E-state index is 13.1. The third-order valence-corrected chi connectivity index (χ3v) is 12.7. The Kier molecular flexibility index (Phi) is 44.8. The van der Waals surface area contributed by atoms with Crippen LogP contribution in [-0.2, 0) is 32.7 Å². The Morgan fingerprint density at radius 2 is 0.887 bits per heavy atom. The summed E-state index contributed by atoms with van der Waals surface area (Å²) in [7, 11) is -4.64. The molecule has 0 saturated carbocycles. The number of Topliss-reactive ketones (excluding diaryl/α,β-unsaturated/α-hetero) is 1. The number of unbranched alkanes of at least 4 members (excludes halogenated alkanes) is 31. The van der Waals surface area contributed by atoms with E-state index < -0.39 is 38.4 Å². The average molecular weight is 900 g/mol. The fraction of sp³-hybridized carbons (Fsp3) is 0.902. The minimum absolute atomic E-state index is 0.0266. The van der Waals surface area contributed by atoms with Crippen LogP contribution in [0.3, 0.4) is 0 Å². The smallest absolute Gasteiger partial charge is 0.457 e. The van der Waals surface area contributed by atoms with E-state index in [2.05, 4.69) is 38.2 Å². The molecule has 3 N–H and O–H groups in total. The molecule has 0 aliphatic heterocycles. The highest BCUT2D eigenvalue weighted by Crippen LogP contribution is 2.43. The van der Waals surface area contributed by atoms with Crippen LogP contribution >= 0.6 is 7.82 Å². The Labute approximate surface area is 381 Å². The van der Waals surface area contributed by atoms with Crippen molar-refractivity contribution in [1.29, 1.82) is 0 Å². The van der Waals surface area contributed by atoms with Crippen molar-refractivity contribution < 1.29 is 42.7 Å². The molecule has 0 radical (unpaired) electrons. The summed E-state index contributed by atoms with van der Waals surface area (Å²) >= 11 is 0. The highest BCUT2D eigenvalue weighted by molar-refractivity contribution is 7.47. The van der Waals surface area contributed by atoms with Crippen molar-refractivity contribution >= 4 is 25.5 Å². The number of ether oxygens (including phenoxy) is 1. The van der Waals surface area contributed by atoms with Crippen molar-refractivity contribution in [1.82, 2.24) is 5.32 Å². The first-order valence-corrected chi connectivity index (χ1v) is 27.6. The number of ketones is 1. The molecule has 1 amide bonds. The number of hydrogen-bond donors (Lipinski definition) is 3. The lowest BCUT2D eigenvalue weighted by molar-refractivity contribution is -0.161. The number of hydrogen-bond acceptors (Lipinski definition) is 8. The second-order valence-electron chi connectivity index (χ2n) is 17.8. The summed E-state index contributed by atoms with van der Waals surface area (Å²) < 4.78 is 28.4. The first-order chi connectivity index (χ1) is 30.2. The van der Waals surface area contributed by atoms with Gasteiger partial charge in [0.15, 0.2) is 18.0 Å². The van der Waals surface area contributed by atoms with Gasteiger partial charge in [-0.2, -0.15) is 0 Å². The zero-order chi connectivity index (χ0) is 45.6. The Morgan fingerprint density at radius 3 is 1.32 bits per heavy atom. The minimum Gasteiger partial charge on any atom is -0.457 e. The molecule has 0 rings (SSSR count). The van der Waals surface area contributed by atoms with Crippen LogP contribution < -0.4 is 5.32 Å². The number of nitrogens with one attached hydrogen (secondary N) is 1. The topological polar surface area (TPSA) is 148 Å². The van der Waals surface area contributed by atoms with Gasteiger partial charge in [-0.15, -0.1) is 0 Å². The summed E-state index contributed by atoms with van der Waals surface area (Å²) in [6.45, 7) is 5.78. The predicted molar refractivity (Wildman–Crippen MR) is 257 cm³/mol. The number of aliphatic hydroxyl groups is 1. The summed E-state index contributed by atoms with van der Waals surface area (Å²) in [5, 5.41) is 13.7. The summed E-state index contributed by atoms with van der Waals surface area (Å²) in [5.74, 6) is -1.22. The van der Waals surface area contributed by atoms with Gasteiger partial charge in [0.05, 0.1) is 13.2 Å². The molecular formula is C51H98NO9P. The third-order valence-electron chi connectivity index (χ3n) is 11.7. The van der Waals surface area contributed by atoms with Gasteiger partial charge in [-0.1, -0.05) is 213 Å². The average Bonchev–Trinajstić information content (AvgIpc) is 3.25. The number of esters is 1. The van der Waals surface area contributed by atoms with Gasteiger partial charge >= 0.3 is 13.8 Å². The van der Waals surface area contributed by atoms with E-state index in [9.17, 15) is 28.9 Å². The SMILES string of the molecule is CCCCCCCC/C=C\CCCCCCCC(=O)C(O)[C@H](COP(=O)(O)OCCNC(=O)CCCCCCCCCCC)OC(=O)CCCCCCCCCCCCCCC. The zero-order valence-corrected chi connectivity index (χ0v) is 41.4. The van der Waals surface area contributed by atoms with Crippen molar-refractivity contribution in [3.63, 3.8) is 0 Å². The summed E-state index contributed by atoms with van der Waals surface area (Å²) in [5.41, 5.74) is 0. The number of carbonyl (C=O) groups is 3. The maximum atomic E-state index is 13.1. The lowest BCUT2D eigenvalue weighted by atomic mass is 10.0. The van der Waals surface area contributed by atoms with Crippen LogP contribution in [0, 0.1) is 0 Å². The number of aliphatic hydroxyl groups excluding tert-OH is 1. The molecule has 0 spiro atoms. The number of allylic oxidation sites excluding steroid dienone is 2. The Hall–Kier alpha value is -1.58. The summed E-state index contributed by atoms with van der Waals surface area (Å²) in [6, 6.07) is 0. The molecule has 10 nitrogen and oxygen atoms in total. The summed E-state index contributed by atoms with van der Waals surface area (Å²) in [6.07, 6.45) is 42.5. The van der Waals surface area contributed by atoms with E-state index in [0.29, 0.717) is 19.3 Å². The Balaban J connectivity index is 4.68. The molecule has 3 atom stereocenters. The molecule has 0 aliphatic rings. The van der Waals surface area contributed by atoms with E-state index in [1.165, 1.54) is 135 Å². The molecule has 366 valence electrons. The number of amides is 1. The normalized spacial score (nSPS) is 13.6. The Morgan fingerprint density at radius 1 is 0.516 bits per heavy atom. The maximum Gasteiger partial charge on any atom is 0.472 e. The van der Waals surface area contributed by atoms with Crippen molar-refractivity contribution in [2.24, 2.45) is 0 Å². The lowest BCUT2D eigenvalue weighted by Gasteiger charge is -2.23. The molecule has 0 aromatic carbocycles. The largest absolute Gasteiger partial charge is 0.472 e. The molecule has 0 saturated heterocycles. The van der Waals surface area contributed by atoms with Gasteiger partial charge in [-0.25, -0.2) is 4.57 Å². The van der Waals surface area contributed by atoms with Gasteiger partial charge in [-0.05, 0) is 44.9 Å². The van der Waals surface area contributed by atoms with E-state index in [4.69, 9.17) is 13.8 Å². The van der Waals surface area contributed by atoms with Crippen LogP contribution in [0.25, 0.3) is 0 Å². The quantitative estimate of drug-likeness (QED) is 0.0235. The monoisotopic (exact) mass is 900 g/mol. The van der Waals surface area contributed by atoms with Gasteiger partial charge in [0.1, 0.15) is 0 Å². The first kappa shape index (κ1) is 60.4. The van der Waals surface area contributed by atoms with E-state index in [1.54, 1.807) is 0 Å². The lowest BCUT2D eigenvalue weighted by Crippen LogP contribution is -2.40. The molecule has 0 aliphatic carbocycles. The predicted octanol–water partition coefficient (Wildman–Crippen LogP) is 14.5. The van der Waals surface area contributed by atoms with Crippen molar-refractivity contribution in [3.8, 4) is 0 Å². The van der Waals surface area contributed by atoms with Crippen LogP contribution in [-0.4, -0.2) is 59.6 Å². The van der Waals surface area contributed by atoms with Crippen molar-refractivity contribution in [2.75, 3.05) is 19.8 Å². The van der Waals surface area contributed by atoms with Crippen molar-refractivity contribution in [2.45, 2.75) is 277 Å².